The van der Waals surface area contributed by atoms with Crippen molar-refractivity contribution in [2.24, 2.45) is 5.92 Å². The summed E-state index contributed by atoms with van der Waals surface area (Å²) in [6, 6.07) is 10.2. The minimum absolute atomic E-state index is 0.657. The maximum Gasteiger partial charge on any atom is 0.101 e. The van der Waals surface area contributed by atoms with Crippen LogP contribution in [-0.4, -0.2) is 18.1 Å². The lowest BCUT2D eigenvalue weighted by atomic mass is 9.98. The van der Waals surface area contributed by atoms with Crippen molar-refractivity contribution in [2.75, 3.05) is 18.0 Å². The van der Waals surface area contributed by atoms with Gasteiger partial charge in [0.1, 0.15) is 6.07 Å². The molecule has 0 spiro atoms. The van der Waals surface area contributed by atoms with Crippen LogP contribution in [0.25, 0.3) is 10.9 Å². The van der Waals surface area contributed by atoms with E-state index >= 15 is 0 Å². The van der Waals surface area contributed by atoms with Gasteiger partial charge < -0.3 is 4.90 Å². The third-order valence-corrected chi connectivity index (χ3v) is 3.86. The van der Waals surface area contributed by atoms with E-state index in [2.05, 4.69) is 35.0 Å². The van der Waals surface area contributed by atoms with Gasteiger partial charge in [0.25, 0.3) is 0 Å². The van der Waals surface area contributed by atoms with Crippen molar-refractivity contribution in [3.8, 4) is 6.07 Å². The molecule has 1 aliphatic heterocycles. The van der Waals surface area contributed by atoms with Gasteiger partial charge in [0, 0.05) is 30.4 Å². The Morgan fingerprint density at radius 3 is 3.05 bits per heavy atom. The Morgan fingerprint density at radius 2 is 2.26 bits per heavy atom. The number of hydrogen-bond donors (Lipinski definition) is 0. The summed E-state index contributed by atoms with van der Waals surface area (Å²) >= 11 is 0. The Kier molecular flexibility index (Phi) is 3.08. The van der Waals surface area contributed by atoms with Gasteiger partial charge in [-0.05, 0) is 43.0 Å². The van der Waals surface area contributed by atoms with Crippen molar-refractivity contribution in [1.82, 2.24) is 4.98 Å². The SMILES string of the molecule is C[C@H]1CCCN(c2ccc(C#N)c3ncccc23)C1. The van der Waals surface area contributed by atoms with Crippen molar-refractivity contribution in [2.45, 2.75) is 19.8 Å². The standard InChI is InChI=1S/C16H17N3/c1-12-4-3-9-19(11-12)15-7-6-13(10-17)16-14(15)5-2-8-18-16/h2,5-8,12H,3-4,9,11H2,1H3/t12-/m0/s1. The summed E-state index contributed by atoms with van der Waals surface area (Å²) in [4.78, 5) is 6.81. The molecule has 3 heteroatoms. The lowest BCUT2D eigenvalue weighted by Gasteiger charge is -2.33. The molecule has 0 unspecified atom stereocenters. The fourth-order valence-electron chi connectivity index (χ4n) is 2.93. The number of benzene rings is 1. The predicted octanol–water partition coefficient (Wildman–Crippen LogP) is 3.34. The van der Waals surface area contributed by atoms with E-state index in [4.69, 9.17) is 0 Å². The molecule has 0 saturated carbocycles. The highest BCUT2D eigenvalue weighted by molar-refractivity contribution is 5.95. The zero-order chi connectivity index (χ0) is 13.2. The van der Waals surface area contributed by atoms with Gasteiger partial charge in [-0.15, -0.1) is 0 Å². The molecule has 3 rings (SSSR count). The van der Waals surface area contributed by atoms with Crippen LogP contribution in [0.15, 0.2) is 30.5 Å². The zero-order valence-electron chi connectivity index (χ0n) is 11.1. The van der Waals surface area contributed by atoms with E-state index < -0.39 is 0 Å². The average molecular weight is 251 g/mol. The molecule has 0 bridgehead atoms. The third kappa shape index (κ3) is 2.15. The highest BCUT2D eigenvalue weighted by Gasteiger charge is 2.19. The van der Waals surface area contributed by atoms with Crippen LogP contribution in [-0.2, 0) is 0 Å². The molecule has 2 aromatic rings. The van der Waals surface area contributed by atoms with E-state index in [1.54, 1.807) is 6.20 Å². The molecule has 0 amide bonds. The van der Waals surface area contributed by atoms with Crippen molar-refractivity contribution >= 4 is 16.6 Å². The van der Waals surface area contributed by atoms with E-state index in [1.165, 1.54) is 18.5 Å². The fraction of sp³-hybridized carbons (Fsp3) is 0.375. The Hall–Kier alpha value is -2.08. The van der Waals surface area contributed by atoms with Crippen LogP contribution in [0.1, 0.15) is 25.3 Å². The van der Waals surface area contributed by atoms with Crippen molar-refractivity contribution in [3.05, 3.63) is 36.0 Å². The molecule has 1 fully saturated rings. The molecule has 19 heavy (non-hydrogen) atoms. The summed E-state index contributed by atoms with van der Waals surface area (Å²) in [5.74, 6) is 0.733. The molecular formula is C16H17N3. The van der Waals surface area contributed by atoms with E-state index in [1.807, 2.05) is 12.1 Å². The number of nitrogens with zero attached hydrogens (tertiary/aromatic N) is 3. The van der Waals surface area contributed by atoms with E-state index in [0.717, 1.165) is 29.9 Å². The maximum atomic E-state index is 9.18. The lowest BCUT2D eigenvalue weighted by molar-refractivity contribution is 0.447. The molecule has 2 heterocycles. The molecular weight excluding hydrogens is 234 g/mol. The molecule has 96 valence electrons. The molecule has 1 saturated heterocycles. The maximum absolute atomic E-state index is 9.18. The van der Waals surface area contributed by atoms with Gasteiger partial charge in [-0.1, -0.05) is 6.92 Å². The summed E-state index contributed by atoms with van der Waals surface area (Å²) in [5, 5.41) is 10.3. The number of anilines is 1. The topological polar surface area (TPSA) is 39.9 Å². The third-order valence-electron chi connectivity index (χ3n) is 3.86. The molecule has 1 aromatic carbocycles. The van der Waals surface area contributed by atoms with Crippen LogP contribution >= 0.6 is 0 Å². The second-order valence-electron chi connectivity index (χ2n) is 5.34. The predicted molar refractivity (Wildman–Crippen MR) is 77.1 cm³/mol. The molecule has 0 aliphatic carbocycles. The van der Waals surface area contributed by atoms with Crippen molar-refractivity contribution in [1.29, 1.82) is 5.26 Å². The van der Waals surface area contributed by atoms with Crippen LogP contribution in [0.5, 0.6) is 0 Å². The molecule has 1 aromatic heterocycles. The number of nitriles is 1. The van der Waals surface area contributed by atoms with Gasteiger partial charge in [-0.25, -0.2) is 0 Å². The zero-order valence-corrected chi connectivity index (χ0v) is 11.1. The number of aromatic nitrogens is 1. The summed E-state index contributed by atoms with van der Waals surface area (Å²) < 4.78 is 0. The Bertz CT molecular complexity index is 642. The molecule has 0 radical (unpaired) electrons. The summed E-state index contributed by atoms with van der Waals surface area (Å²) in [6.07, 6.45) is 4.30. The van der Waals surface area contributed by atoms with Crippen LogP contribution < -0.4 is 4.90 Å². The molecule has 1 atom stereocenters. The average Bonchev–Trinajstić information content (AvgIpc) is 2.46. The van der Waals surface area contributed by atoms with Crippen LogP contribution in [0.2, 0.25) is 0 Å². The lowest BCUT2D eigenvalue weighted by Crippen LogP contribution is -2.34. The van der Waals surface area contributed by atoms with Crippen molar-refractivity contribution < 1.29 is 0 Å². The number of piperidine rings is 1. The minimum Gasteiger partial charge on any atom is -0.371 e. The first-order valence-corrected chi connectivity index (χ1v) is 6.82. The van der Waals surface area contributed by atoms with Crippen LogP contribution in [0, 0.1) is 17.2 Å². The van der Waals surface area contributed by atoms with Gasteiger partial charge >= 0.3 is 0 Å². The summed E-state index contributed by atoms with van der Waals surface area (Å²) in [5.41, 5.74) is 2.69. The Morgan fingerprint density at radius 1 is 1.37 bits per heavy atom. The van der Waals surface area contributed by atoms with E-state index in [9.17, 15) is 5.26 Å². The van der Waals surface area contributed by atoms with Gasteiger partial charge in [0.2, 0.25) is 0 Å². The quantitative estimate of drug-likeness (QED) is 0.780. The first-order chi connectivity index (χ1) is 9.29. The first-order valence-electron chi connectivity index (χ1n) is 6.82. The fourth-order valence-corrected chi connectivity index (χ4v) is 2.93. The van der Waals surface area contributed by atoms with Gasteiger partial charge in [-0.2, -0.15) is 5.26 Å². The summed E-state index contributed by atoms with van der Waals surface area (Å²) in [7, 11) is 0. The van der Waals surface area contributed by atoms with E-state index in [0.29, 0.717) is 5.56 Å². The number of rotatable bonds is 1. The normalized spacial score (nSPS) is 19.4. The molecule has 1 aliphatic rings. The van der Waals surface area contributed by atoms with Crippen molar-refractivity contribution in [3.63, 3.8) is 0 Å². The smallest absolute Gasteiger partial charge is 0.101 e. The second kappa shape index (κ2) is 4.89. The second-order valence-corrected chi connectivity index (χ2v) is 5.34. The van der Waals surface area contributed by atoms with Crippen LogP contribution in [0.4, 0.5) is 5.69 Å². The van der Waals surface area contributed by atoms with Gasteiger partial charge in [0.15, 0.2) is 0 Å². The molecule has 0 N–H and O–H groups in total. The Labute approximate surface area is 113 Å². The first kappa shape index (κ1) is 12.0. The molecule has 3 nitrogen and oxygen atoms in total. The highest BCUT2D eigenvalue weighted by Crippen LogP contribution is 2.30. The number of hydrogen-bond acceptors (Lipinski definition) is 3. The van der Waals surface area contributed by atoms with E-state index in [-0.39, 0.29) is 0 Å². The largest absolute Gasteiger partial charge is 0.371 e. The Balaban J connectivity index is 2.12. The minimum atomic E-state index is 0.657. The number of pyridine rings is 1. The highest BCUT2D eigenvalue weighted by atomic mass is 15.1. The van der Waals surface area contributed by atoms with Crippen LogP contribution in [0.3, 0.4) is 0 Å². The number of fused-ring (bicyclic) bond motifs is 1. The van der Waals surface area contributed by atoms with Gasteiger partial charge in [0.05, 0.1) is 11.1 Å². The monoisotopic (exact) mass is 251 g/mol. The van der Waals surface area contributed by atoms with Gasteiger partial charge in [-0.3, -0.25) is 4.98 Å². The summed E-state index contributed by atoms with van der Waals surface area (Å²) in [6.45, 7) is 4.49.